The third kappa shape index (κ3) is 3.86. The molecular formula is C18H25FN4O. The van der Waals surface area contributed by atoms with E-state index < -0.39 is 0 Å². The Hall–Kier alpha value is -2.11. The van der Waals surface area contributed by atoms with Crippen molar-refractivity contribution in [1.82, 2.24) is 15.5 Å². The average molecular weight is 332 g/mol. The maximum Gasteiger partial charge on any atom is 0.222 e. The number of halogens is 1. The summed E-state index contributed by atoms with van der Waals surface area (Å²) in [5.74, 6) is 1.01. The summed E-state index contributed by atoms with van der Waals surface area (Å²) >= 11 is 0. The number of carbonyl (C=O) groups excluding carboxylic acids is 1. The number of nitrogens with one attached hydrogen (secondary N) is 2. The Bertz CT molecular complexity index is 633. The second-order valence-corrected chi connectivity index (χ2v) is 6.59. The minimum absolute atomic E-state index is 0.138. The van der Waals surface area contributed by atoms with Crippen LogP contribution in [0.1, 0.15) is 37.7 Å². The van der Waals surface area contributed by atoms with Crippen LogP contribution >= 0.6 is 0 Å². The molecule has 6 heteroatoms. The Labute approximate surface area is 142 Å². The second-order valence-electron chi connectivity index (χ2n) is 6.59. The quantitative estimate of drug-likeness (QED) is 0.654. The van der Waals surface area contributed by atoms with E-state index in [-0.39, 0.29) is 29.7 Å². The maximum atomic E-state index is 13.9. The van der Waals surface area contributed by atoms with Crippen LogP contribution in [0.4, 0.5) is 4.39 Å². The highest BCUT2D eigenvalue weighted by atomic mass is 19.1. The first-order valence-electron chi connectivity index (χ1n) is 8.64. The zero-order valence-electron chi connectivity index (χ0n) is 14.3. The topological polar surface area (TPSA) is 56.7 Å². The number of carbonyl (C=O) groups is 1. The van der Waals surface area contributed by atoms with Gasteiger partial charge in [0.25, 0.3) is 0 Å². The molecule has 2 N–H and O–H groups in total. The van der Waals surface area contributed by atoms with Gasteiger partial charge in [-0.05, 0) is 31.4 Å². The van der Waals surface area contributed by atoms with Crippen LogP contribution in [0.5, 0.6) is 0 Å². The molecule has 1 aromatic carbocycles. The fourth-order valence-electron chi connectivity index (χ4n) is 3.26. The van der Waals surface area contributed by atoms with E-state index in [9.17, 15) is 9.18 Å². The van der Waals surface area contributed by atoms with Crippen LogP contribution < -0.4 is 10.6 Å². The van der Waals surface area contributed by atoms with Gasteiger partial charge in [0.2, 0.25) is 5.91 Å². The lowest BCUT2D eigenvalue weighted by molar-refractivity contribution is -0.132. The van der Waals surface area contributed by atoms with E-state index in [1.807, 2.05) is 26.1 Å². The van der Waals surface area contributed by atoms with Crippen molar-refractivity contribution in [3.63, 3.8) is 0 Å². The van der Waals surface area contributed by atoms with Crippen LogP contribution in [0.15, 0.2) is 29.3 Å². The van der Waals surface area contributed by atoms with Crippen molar-refractivity contribution >= 4 is 11.9 Å². The van der Waals surface area contributed by atoms with Crippen molar-refractivity contribution in [3.8, 4) is 0 Å². The van der Waals surface area contributed by atoms with Crippen LogP contribution in [-0.2, 0) is 4.79 Å². The number of hydrogen-bond donors (Lipinski definition) is 2. The predicted molar refractivity (Wildman–Crippen MR) is 92.5 cm³/mol. The number of piperidine rings is 1. The Morgan fingerprint density at radius 3 is 2.88 bits per heavy atom. The lowest BCUT2D eigenvalue weighted by Gasteiger charge is -2.31. The van der Waals surface area contributed by atoms with E-state index in [4.69, 9.17) is 0 Å². The third-order valence-electron chi connectivity index (χ3n) is 4.70. The van der Waals surface area contributed by atoms with Gasteiger partial charge in [0.05, 0.1) is 0 Å². The number of aliphatic imine (C=N–C) groups is 1. The van der Waals surface area contributed by atoms with E-state index in [2.05, 4.69) is 15.6 Å². The number of likely N-dealkylation sites (tertiary alicyclic amines) is 1. The molecule has 3 atom stereocenters. The Morgan fingerprint density at radius 2 is 2.17 bits per heavy atom. The highest BCUT2D eigenvalue weighted by molar-refractivity contribution is 5.82. The standard InChI is InChI=1S/C18H25FN4O/c1-3-20-18(21-12-8-9-17(24)23(2)11-12)22-16-10-14(16)13-6-4-5-7-15(13)19/h4-7,12,14,16H,3,8-11H2,1-2H3,(H2,20,21,22). The highest BCUT2D eigenvalue weighted by Crippen LogP contribution is 2.41. The first-order chi connectivity index (χ1) is 11.6. The van der Waals surface area contributed by atoms with Crippen LogP contribution in [0, 0.1) is 5.82 Å². The molecule has 1 aromatic rings. The second kappa shape index (κ2) is 7.20. The number of likely N-dealkylation sites (N-methyl/N-ethyl adjacent to an activating group) is 1. The van der Waals surface area contributed by atoms with Gasteiger partial charge in [0.15, 0.2) is 5.96 Å². The molecule has 5 nitrogen and oxygen atoms in total. The molecule has 3 rings (SSSR count). The molecule has 130 valence electrons. The highest BCUT2D eigenvalue weighted by Gasteiger charge is 2.40. The van der Waals surface area contributed by atoms with Crippen molar-refractivity contribution in [2.45, 2.75) is 44.2 Å². The lowest BCUT2D eigenvalue weighted by atomic mass is 10.1. The summed E-state index contributed by atoms with van der Waals surface area (Å²) in [5.41, 5.74) is 0.772. The minimum atomic E-state index is -0.138. The molecule has 2 fully saturated rings. The van der Waals surface area contributed by atoms with Gasteiger partial charge in [-0.2, -0.15) is 0 Å². The van der Waals surface area contributed by atoms with E-state index >= 15 is 0 Å². The van der Waals surface area contributed by atoms with Crippen molar-refractivity contribution in [1.29, 1.82) is 0 Å². The summed E-state index contributed by atoms with van der Waals surface area (Å²) in [7, 11) is 1.83. The molecule has 0 spiro atoms. The summed E-state index contributed by atoms with van der Waals surface area (Å²) in [6.45, 7) is 3.35. The number of guanidine groups is 1. The monoisotopic (exact) mass is 332 g/mol. The molecule has 1 saturated carbocycles. The van der Waals surface area contributed by atoms with E-state index in [1.165, 1.54) is 6.07 Å². The van der Waals surface area contributed by atoms with Crippen molar-refractivity contribution in [2.75, 3.05) is 20.1 Å². The number of nitrogens with zero attached hydrogens (tertiary/aromatic N) is 2. The molecule has 1 aliphatic heterocycles. The van der Waals surface area contributed by atoms with Crippen molar-refractivity contribution in [2.24, 2.45) is 4.99 Å². The number of hydrogen-bond acceptors (Lipinski definition) is 2. The number of rotatable bonds is 4. The molecule has 1 amide bonds. The van der Waals surface area contributed by atoms with E-state index in [0.717, 1.165) is 24.4 Å². The Morgan fingerprint density at radius 1 is 1.38 bits per heavy atom. The van der Waals surface area contributed by atoms with E-state index in [1.54, 1.807) is 11.0 Å². The van der Waals surface area contributed by atoms with Crippen LogP contribution in [0.25, 0.3) is 0 Å². The summed E-state index contributed by atoms with van der Waals surface area (Å²) in [4.78, 5) is 17.8. The molecule has 0 bridgehead atoms. The maximum absolute atomic E-state index is 13.9. The van der Waals surface area contributed by atoms with Gasteiger partial charge in [-0.3, -0.25) is 9.79 Å². The zero-order valence-corrected chi connectivity index (χ0v) is 14.3. The van der Waals surface area contributed by atoms with Gasteiger partial charge >= 0.3 is 0 Å². The lowest BCUT2D eigenvalue weighted by Crippen LogP contribution is -2.52. The van der Waals surface area contributed by atoms with Crippen molar-refractivity contribution in [3.05, 3.63) is 35.6 Å². The first kappa shape index (κ1) is 16.7. The SMILES string of the molecule is CCN=C(NC1CCC(=O)N(C)C1)NC1CC1c1ccccc1F. The fraction of sp³-hybridized carbons (Fsp3) is 0.556. The Balaban J connectivity index is 1.57. The molecule has 3 unspecified atom stereocenters. The minimum Gasteiger partial charge on any atom is -0.353 e. The summed E-state index contributed by atoms with van der Waals surface area (Å²) in [6.07, 6.45) is 2.29. The predicted octanol–water partition coefficient (Wildman–Crippen LogP) is 1.86. The van der Waals surface area contributed by atoms with Crippen LogP contribution in [0.3, 0.4) is 0 Å². The van der Waals surface area contributed by atoms with Crippen molar-refractivity contribution < 1.29 is 9.18 Å². The number of benzene rings is 1. The molecule has 1 saturated heterocycles. The summed E-state index contributed by atoms with van der Waals surface area (Å²) in [5, 5.41) is 6.83. The van der Waals surface area contributed by atoms with Gasteiger partial charge in [0, 0.05) is 44.6 Å². The summed E-state index contributed by atoms with van der Waals surface area (Å²) < 4.78 is 13.9. The third-order valence-corrected chi connectivity index (χ3v) is 4.70. The molecular weight excluding hydrogens is 307 g/mol. The molecule has 2 aliphatic rings. The van der Waals surface area contributed by atoms with Gasteiger partial charge in [0.1, 0.15) is 5.82 Å². The van der Waals surface area contributed by atoms with Crippen LogP contribution in [-0.4, -0.2) is 49.0 Å². The van der Waals surface area contributed by atoms with E-state index in [0.29, 0.717) is 19.5 Å². The smallest absolute Gasteiger partial charge is 0.222 e. The molecule has 1 aliphatic carbocycles. The van der Waals surface area contributed by atoms with Gasteiger partial charge < -0.3 is 15.5 Å². The molecule has 0 aromatic heterocycles. The molecule has 0 radical (unpaired) electrons. The first-order valence-corrected chi connectivity index (χ1v) is 8.64. The fourth-order valence-corrected chi connectivity index (χ4v) is 3.26. The average Bonchev–Trinajstić information content (AvgIpc) is 3.30. The normalized spacial score (nSPS) is 27.1. The molecule has 1 heterocycles. The van der Waals surface area contributed by atoms with Gasteiger partial charge in [-0.1, -0.05) is 18.2 Å². The molecule has 24 heavy (non-hydrogen) atoms. The summed E-state index contributed by atoms with van der Waals surface area (Å²) in [6, 6.07) is 7.38. The largest absolute Gasteiger partial charge is 0.353 e. The van der Waals surface area contributed by atoms with Gasteiger partial charge in [-0.25, -0.2) is 4.39 Å². The van der Waals surface area contributed by atoms with Crippen LogP contribution in [0.2, 0.25) is 0 Å². The Kier molecular flexibility index (Phi) is 5.02. The zero-order chi connectivity index (χ0) is 17.1. The van der Waals surface area contributed by atoms with Gasteiger partial charge in [-0.15, -0.1) is 0 Å². The number of amides is 1.